The molecule has 1 aromatic carbocycles. The van der Waals surface area contributed by atoms with Crippen LogP contribution in [0.1, 0.15) is 29.9 Å². The van der Waals surface area contributed by atoms with Crippen LogP contribution in [-0.2, 0) is 6.54 Å². The quantitative estimate of drug-likeness (QED) is 0.875. The predicted octanol–water partition coefficient (Wildman–Crippen LogP) is 2.07. The third kappa shape index (κ3) is 2.88. The molecule has 5 heteroatoms. The Bertz CT molecular complexity index is 687. The van der Waals surface area contributed by atoms with Gasteiger partial charge in [-0.25, -0.2) is 4.79 Å². The molecule has 0 atom stereocenters. The molecule has 0 aliphatic rings. The lowest BCUT2D eigenvalue weighted by molar-refractivity contribution is 0.0697. The molecule has 0 fully saturated rings. The topological polar surface area (TPSA) is 73.4 Å². The molecule has 1 aromatic heterocycles. The number of hydrogen-bond donors (Lipinski definition) is 2. The summed E-state index contributed by atoms with van der Waals surface area (Å²) in [5.74, 6) is -1.03. The van der Waals surface area contributed by atoms with Crippen LogP contribution in [-0.4, -0.2) is 34.0 Å². The molecule has 0 radical (unpaired) electrons. The zero-order valence-corrected chi connectivity index (χ0v) is 11.6. The second-order valence-electron chi connectivity index (χ2n) is 4.69. The van der Waals surface area contributed by atoms with E-state index in [-0.39, 0.29) is 11.0 Å². The molecule has 0 amide bonds. The van der Waals surface area contributed by atoms with Crippen LogP contribution in [0.3, 0.4) is 0 Å². The van der Waals surface area contributed by atoms with Crippen molar-refractivity contribution >= 4 is 16.9 Å². The van der Waals surface area contributed by atoms with Gasteiger partial charge in [0.15, 0.2) is 5.43 Å². The molecule has 1 heterocycles. The summed E-state index contributed by atoms with van der Waals surface area (Å²) in [5.41, 5.74) is 1.49. The number of nitrogens with one attached hydrogen (secondary N) is 1. The van der Waals surface area contributed by atoms with E-state index in [1.54, 1.807) is 12.1 Å². The molecule has 2 aromatic rings. The monoisotopic (exact) mass is 274 g/mol. The van der Waals surface area contributed by atoms with E-state index in [9.17, 15) is 9.59 Å². The Hall–Kier alpha value is -2.14. The first-order valence-electron chi connectivity index (χ1n) is 6.66. The second kappa shape index (κ2) is 5.88. The molecule has 0 aliphatic heterocycles. The van der Waals surface area contributed by atoms with E-state index in [1.165, 1.54) is 12.1 Å². The maximum Gasteiger partial charge on any atom is 0.335 e. The zero-order chi connectivity index (χ0) is 14.7. The number of fused-ring (bicyclic) bond motifs is 1. The van der Waals surface area contributed by atoms with Crippen LogP contribution in [0.15, 0.2) is 29.1 Å². The molecule has 0 saturated heterocycles. The summed E-state index contributed by atoms with van der Waals surface area (Å²) in [7, 11) is 0. The van der Waals surface area contributed by atoms with E-state index < -0.39 is 5.97 Å². The number of nitrogens with zero attached hydrogens (tertiary/aromatic N) is 1. The van der Waals surface area contributed by atoms with Crippen LogP contribution in [0.5, 0.6) is 0 Å². The van der Waals surface area contributed by atoms with Crippen molar-refractivity contribution in [3.63, 3.8) is 0 Å². The number of carbonyl (C=O) groups is 1. The predicted molar refractivity (Wildman–Crippen MR) is 78.2 cm³/mol. The lowest BCUT2D eigenvalue weighted by Gasteiger charge is -2.18. The van der Waals surface area contributed by atoms with E-state index in [0.717, 1.165) is 18.8 Å². The molecule has 0 saturated carbocycles. The summed E-state index contributed by atoms with van der Waals surface area (Å²) >= 11 is 0. The number of carboxylic acid groups (broad SMARTS) is 1. The number of hydrogen-bond acceptors (Lipinski definition) is 3. The van der Waals surface area contributed by atoms with Crippen LogP contribution in [0.25, 0.3) is 10.9 Å². The van der Waals surface area contributed by atoms with Crippen molar-refractivity contribution in [3.8, 4) is 0 Å². The minimum atomic E-state index is -1.03. The fourth-order valence-corrected chi connectivity index (χ4v) is 2.21. The first-order chi connectivity index (χ1) is 9.55. The molecule has 0 spiro atoms. The van der Waals surface area contributed by atoms with Gasteiger partial charge in [0.1, 0.15) is 0 Å². The van der Waals surface area contributed by atoms with E-state index in [4.69, 9.17) is 5.11 Å². The number of rotatable bonds is 5. The molecular weight excluding hydrogens is 256 g/mol. The number of benzene rings is 1. The molecule has 0 unspecified atom stereocenters. The van der Waals surface area contributed by atoms with Gasteiger partial charge in [-0.2, -0.15) is 0 Å². The van der Waals surface area contributed by atoms with E-state index in [2.05, 4.69) is 23.7 Å². The highest BCUT2D eigenvalue weighted by molar-refractivity contribution is 5.93. The Morgan fingerprint density at radius 3 is 2.55 bits per heavy atom. The van der Waals surface area contributed by atoms with Crippen molar-refractivity contribution in [2.24, 2.45) is 0 Å². The van der Waals surface area contributed by atoms with Gasteiger partial charge in [0, 0.05) is 29.2 Å². The molecule has 106 valence electrons. The summed E-state index contributed by atoms with van der Waals surface area (Å²) in [6.07, 6.45) is 0. The highest BCUT2D eigenvalue weighted by atomic mass is 16.4. The van der Waals surface area contributed by atoms with Crippen molar-refractivity contribution in [2.75, 3.05) is 13.1 Å². The normalized spacial score (nSPS) is 11.2. The molecular formula is C15H18N2O3. The smallest absolute Gasteiger partial charge is 0.335 e. The lowest BCUT2D eigenvalue weighted by Crippen LogP contribution is -2.23. The van der Waals surface area contributed by atoms with Gasteiger partial charge < -0.3 is 10.1 Å². The molecule has 2 N–H and O–H groups in total. The van der Waals surface area contributed by atoms with Gasteiger partial charge in [-0.15, -0.1) is 0 Å². The van der Waals surface area contributed by atoms with Crippen LogP contribution in [0.4, 0.5) is 0 Å². The van der Waals surface area contributed by atoms with E-state index >= 15 is 0 Å². The van der Waals surface area contributed by atoms with Gasteiger partial charge in [-0.05, 0) is 31.3 Å². The summed E-state index contributed by atoms with van der Waals surface area (Å²) in [4.78, 5) is 28.4. The largest absolute Gasteiger partial charge is 0.478 e. The Balaban J connectivity index is 2.45. The second-order valence-corrected chi connectivity index (χ2v) is 4.69. The number of aromatic amines is 1. The van der Waals surface area contributed by atoms with Crippen LogP contribution in [0, 0.1) is 0 Å². The van der Waals surface area contributed by atoms with Crippen molar-refractivity contribution in [1.82, 2.24) is 9.88 Å². The minimum Gasteiger partial charge on any atom is -0.478 e. The fraction of sp³-hybridized carbons (Fsp3) is 0.333. The first-order valence-corrected chi connectivity index (χ1v) is 6.66. The highest BCUT2D eigenvalue weighted by Gasteiger charge is 2.08. The van der Waals surface area contributed by atoms with Gasteiger partial charge in [-0.1, -0.05) is 13.8 Å². The highest BCUT2D eigenvalue weighted by Crippen LogP contribution is 2.12. The standard InChI is InChI=1S/C15H18N2O3/c1-3-17(4-2)9-11-8-14(18)12-7-10(15(19)20)5-6-13(12)16-11/h5-8H,3-4,9H2,1-2H3,(H,16,18)(H,19,20). The Morgan fingerprint density at radius 2 is 1.95 bits per heavy atom. The van der Waals surface area contributed by atoms with Gasteiger partial charge in [0.25, 0.3) is 0 Å². The summed E-state index contributed by atoms with van der Waals surface area (Å²) in [6.45, 7) is 6.64. The van der Waals surface area contributed by atoms with Gasteiger partial charge in [0.2, 0.25) is 0 Å². The average Bonchev–Trinajstić information content (AvgIpc) is 2.44. The lowest BCUT2D eigenvalue weighted by atomic mass is 10.1. The average molecular weight is 274 g/mol. The van der Waals surface area contributed by atoms with Crippen LogP contribution in [0.2, 0.25) is 0 Å². The number of aromatic carboxylic acids is 1. The maximum absolute atomic E-state index is 12.1. The van der Waals surface area contributed by atoms with Crippen molar-refractivity contribution in [2.45, 2.75) is 20.4 Å². The van der Waals surface area contributed by atoms with Crippen LogP contribution < -0.4 is 5.43 Å². The number of aromatic nitrogens is 1. The van der Waals surface area contributed by atoms with E-state index in [0.29, 0.717) is 17.4 Å². The molecule has 2 rings (SSSR count). The number of pyridine rings is 1. The SMILES string of the molecule is CCN(CC)Cc1cc(=O)c2cc(C(=O)O)ccc2[nH]1. The Morgan fingerprint density at radius 1 is 1.25 bits per heavy atom. The van der Waals surface area contributed by atoms with Crippen LogP contribution >= 0.6 is 0 Å². The van der Waals surface area contributed by atoms with Gasteiger partial charge in [-0.3, -0.25) is 9.69 Å². The molecule has 20 heavy (non-hydrogen) atoms. The molecule has 5 nitrogen and oxygen atoms in total. The van der Waals surface area contributed by atoms with Crippen molar-refractivity contribution < 1.29 is 9.90 Å². The fourth-order valence-electron chi connectivity index (χ4n) is 2.21. The minimum absolute atomic E-state index is 0.125. The summed E-state index contributed by atoms with van der Waals surface area (Å²) in [5, 5.41) is 9.36. The van der Waals surface area contributed by atoms with E-state index in [1.807, 2.05) is 0 Å². The summed E-state index contributed by atoms with van der Waals surface area (Å²) < 4.78 is 0. The number of H-pyrrole nitrogens is 1. The van der Waals surface area contributed by atoms with Gasteiger partial charge >= 0.3 is 5.97 Å². The number of carboxylic acids is 1. The summed E-state index contributed by atoms with van der Waals surface area (Å²) in [6, 6.07) is 6.11. The third-order valence-corrected chi connectivity index (χ3v) is 3.42. The maximum atomic E-state index is 12.1. The molecule has 0 bridgehead atoms. The van der Waals surface area contributed by atoms with Crippen molar-refractivity contribution in [1.29, 1.82) is 0 Å². The zero-order valence-electron chi connectivity index (χ0n) is 11.6. The first kappa shape index (κ1) is 14.3. The molecule has 0 aliphatic carbocycles. The Labute approximate surface area is 116 Å². The third-order valence-electron chi connectivity index (χ3n) is 3.42. The van der Waals surface area contributed by atoms with Gasteiger partial charge in [0.05, 0.1) is 5.56 Å². The van der Waals surface area contributed by atoms with Crippen molar-refractivity contribution in [3.05, 3.63) is 45.7 Å². The Kier molecular flexibility index (Phi) is 4.20.